The third-order valence-corrected chi connectivity index (χ3v) is 4.48. The Balaban J connectivity index is 2.53. The van der Waals surface area contributed by atoms with Crippen molar-refractivity contribution in [2.45, 2.75) is 24.9 Å². The first kappa shape index (κ1) is 16.4. The van der Waals surface area contributed by atoms with Crippen LogP contribution in [0.5, 0.6) is 0 Å². The summed E-state index contributed by atoms with van der Waals surface area (Å²) in [6.07, 6.45) is -0.958. The van der Waals surface area contributed by atoms with E-state index < -0.39 is 46.2 Å². The summed E-state index contributed by atoms with van der Waals surface area (Å²) in [5.41, 5.74) is 0. The summed E-state index contributed by atoms with van der Waals surface area (Å²) < 4.78 is 22.7. The van der Waals surface area contributed by atoms with Crippen molar-refractivity contribution in [2.75, 3.05) is 18.1 Å². The van der Waals surface area contributed by atoms with Crippen LogP contribution >= 0.6 is 0 Å². The van der Waals surface area contributed by atoms with Gasteiger partial charge < -0.3 is 20.8 Å². The van der Waals surface area contributed by atoms with Gasteiger partial charge in [-0.2, -0.15) is 0 Å². The second kappa shape index (κ2) is 6.66. The zero-order valence-electron chi connectivity index (χ0n) is 10.5. The monoisotopic (exact) mass is 308 g/mol. The second-order valence-corrected chi connectivity index (χ2v) is 6.75. The lowest BCUT2D eigenvalue weighted by atomic mass is 10.1. The molecule has 1 aliphatic rings. The van der Waals surface area contributed by atoms with E-state index in [1.54, 1.807) is 0 Å². The first-order valence-electron chi connectivity index (χ1n) is 5.87. The van der Waals surface area contributed by atoms with Gasteiger partial charge in [0.2, 0.25) is 5.91 Å². The van der Waals surface area contributed by atoms with Crippen LogP contribution in [0.15, 0.2) is 0 Å². The van der Waals surface area contributed by atoms with Gasteiger partial charge in [0.1, 0.15) is 6.04 Å². The van der Waals surface area contributed by atoms with Crippen molar-refractivity contribution in [3.63, 3.8) is 0 Å². The molecule has 1 rings (SSSR count). The predicted molar refractivity (Wildman–Crippen MR) is 66.9 cm³/mol. The molecule has 0 aliphatic carbocycles. The van der Waals surface area contributed by atoms with Gasteiger partial charge in [-0.1, -0.05) is 0 Å². The summed E-state index contributed by atoms with van der Waals surface area (Å²) in [6.45, 7) is 0.234. The normalized spacial score (nSPS) is 22.7. The smallest absolute Gasteiger partial charge is 0.326 e. The van der Waals surface area contributed by atoms with Gasteiger partial charge >= 0.3 is 11.9 Å². The van der Waals surface area contributed by atoms with Gasteiger partial charge in [0.05, 0.1) is 17.9 Å². The highest BCUT2D eigenvalue weighted by atomic mass is 32.2. The average molecular weight is 308 g/mol. The molecule has 0 aromatic rings. The van der Waals surface area contributed by atoms with Crippen molar-refractivity contribution in [1.82, 2.24) is 10.6 Å². The molecule has 0 aromatic heterocycles. The first-order valence-corrected chi connectivity index (χ1v) is 7.69. The van der Waals surface area contributed by atoms with E-state index in [1.807, 2.05) is 0 Å². The lowest BCUT2D eigenvalue weighted by Crippen LogP contribution is -2.49. The quantitative estimate of drug-likeness (QED) is 0.432. The van der Waals surface area contributed by atoms with E-state index in [1.165, 1.54) is 0 Å². The number of carboxylic acid groups (broad SMARTS) is 2. The van der Waals surface area contributed by atoms with Crippen LogP contribution in [0.2, 0.25) is 0 Å². The van der Waals surface area contributed by atoms with Gasteiger partial charge in [0.15, 0.2) is 9.84 Å². The number of carbonyl (C=O) groups is 3. The van der Waals surface area contributed by atoms with Gasteiger partial charge in [0, 0.05) is 19.0 Å². The third kappa shape index (κ3) is 5.53. The molecule has 1 heterocycles. The molecule has 1 amide bonds. The molecule has 20 heavy (non-hydrogen) atoms. The number of rotatable bonds is 6. The Morgan fingerprint density at radius 3 is 2.45 bits per heavy atom. The molecule has 9 nitrogen and oxygen atoms in total. The molecular weight excluding hydrogens is 292 g/mol. The van der Waals surface area contributed by atoms with E-state index in [0.717, 1.165) is 0 Å². The summed E-state index contributed by atoms with van der Waals surface area (Å²) >= 11 is 0. The van der Waals surface area contributed by atoms with Crippen LogP contribution in [0, 0.1) is 0 Å². The highest BCUT2D eigenvalue weighted by Crippen LogP contribution is 2.05. The number of aliphatic carboxylic acids is 2. The van der Waals surface area contributed by atoms with Crippen molar-refractivity contribution in [3.8, 4) is 0 Å². The molecule has 0 bridgehead atoms. The minimum atomic E-state index is -3.19. The maximum Gasteiger partial charge on any atom is 0.326 e. The molecule has 1 saturated heterocycles. The minimum absolute atomic E-state index is 0.00187. The second-order valence-electron chi connectivity index (χ2n) is 4.53. The van der Waals surface area contributed by atoms with Gasteiger partial charge in [-0.25, -0.2) is 13.2 Å². The Bertz CT molecular complexity index is 502. The maximum atomic E-state index is 11.6. The molecule has 10 heteroatoms. The van der Waals surface area contributed by atoms with Gasteiger partial charge in [-0.3, -0.25) is 9.59 Å². The largest absolute Gasteiger partial charge is 0.481 e. The summed E-state index contributed by atoms with van der Waals surface area (Å²) in [5.74, 6) is -3.70. The summed E-state index contributed by atoms with van der Waals surface area (Å²) in [7, 11) is -3.19. The van der Waals surface area contributed by atoms with Crippen molar-refractivity contribution in [3.05, 3.63) is 0 Å². The highest BCUT2D eigenvalue weighted by Gasteiger charge is 2.28. The molecule has 1 aliphatic heterocycles. The fourth-order valence-corrected chi connectivity index (χ4v) is 3.29. The fourth-order valence-electron chi connectivity index (χ4n) is 1.85. The Kier molecular flexibility index (Phi) is 5.45. The molecule has 2 unspecified atom stereocenters. The zero-order chi connectivity index (χ0) is 15.3. The molecule has 0 saturated carbocycles. The van der Waals surface area contributed by atoms with E-state index in [-0.39, 0.29) is 24.5 Å². The molecular formula is C10H16N2O7S. The minimum Gasteiger partial charge on any atom is -0.481 e. The third-order valence-electron chi connectivity index (χ3n) is 2.75. The number of nitrogens with one attached hydrogen (secondary N) is 2. The lowest BCUT2D eigenvalue weighted by Gasteiger charge is -2.23. The standard InChI is InChI=1S/C10H16N2O7S/c13-8(12-7(10(16)17)4-9(14)15)3-6-5-20(18,19)2-1-11-6/h6-7,11H,1-5H2,(H,12,13)(H,14,15)(H,16,17). The molecule has 2 atom stereocenters. The number of amides is 1. The molecule has 0 spiro atoms. The van der Waals surface area contributed by atoms with Crippen LogP contribution in [-0.2, 0) is 24.2 Å². The van der Waals surface area contributed by atoms with Crippen molar-refractivity contribution < 1.29 is 33.0 Å². The molecule has 1 fully saturated rings. The van der Waals surface area contributed by atoms with E-state index in [0.29, 0.717) is 0 Å². The molecule has 0 aromatic carbocycles. The number of sulfone groups is 1. The average Bonchev–Trinajstić information content (AvgIpc) is 2.25. The Labute approximate surface area is 115 Å². The molecule has 114 valence electrons. The van der Waals surface area contributed by atoms with Crippen LogP contribution in [-0.4, -0.2) is 66.6 Å². The predicted octanol–water partition coefficient (Wildman–Crippen LogP) is -2.19. The summed E-state index contributed by atoms with van der Waals surface area (Å²) in [5, 5.41) is 22.2. The van der Waals surface area contributed by atoms with Crippen molar-refractivity contribution in [2.24, 2.45) is 0 Å². The molecule has 0 radical (unpaired) electrons. The number of hydrogen-bond donors (Lipinski definition) is 4. The van der Waals surface area contributed by atoms with E-state index >= 15 is 0 Å². The van der Waals surface area contributed by atoms with Crippen LogP contribution in [0.3, 0.4) is 0 Å². The number of hydrogen-bond acceptors (Lipinski definition) is 6. The summed E-state index contributed by atoms with van der Waals surface area (Å²) in [4.78, 5) is 32.9. The maximum absolute atomic E-state index is 11.6. The topological polar surface area (TPSA) is 150 Å². The first-order chi connectivity index (χ1) is 9.19. The lowest BCUT2D eigenvalue weighted by molar-refractivity contribution is -0.147. The van der Waals surface area contributed by atoms with Crippen molar-refractivity contribution in [1.29, 1.82) is 0 Å². The zero-order valence-corrected chi connectivity index (χ0v) is 11.4. The summed E-state index contributed by atoms with van der Waals surface area (Å²) in [6, 6.07) is -2.12. The number of carbonyl (C=O) groups excluding carboxylic acids is 1. The fraction of sp³-hybridized carbons (Fsp3) is 0.700. The Morgan fingerprint density at radius 1 is 1.30 bits per heavy atom. The molecule has 4 N–H and O–H groups in total. The highest BCUT2D eigenvalue weighted by molar-refractivity contribution is 7.91. The Morgan fingerprint density at radius 2 is 1.95 bits per heavy atom. The van der Waals surface area contributed by atoms with Crippen LogP contribution in [0.25, 0.3) is 0 Å². The Hall–Kier alpha value is -1.68. The van der Waals surface area contributed by atoms with Gasteiger partial charge in [-0.05, 0) is 0 Å². The van der Waals surface area contributed by atoms with Gasteiger partial charge in [0.25, 0.3) is 0 Å². The van der Waals surface area contributed by atoms with Crippen molar-refractivity contribution >= 4 is 27.7 Å². The van der Waals surface area contributed by atoms with E-state index in [2.05, 4.69) is 10.6 Å². The van der Waals surface area contributed by atoms with Crippen LogP contribution in [0.4, 0.5) is 0 Å². The SMILES string of the molecule is O=C(O)CC(NC(=O)CC1CS(=O)(=O)CCN1)C(=O)O. The van der Waals surface area contributed by atoms with Gasteiger partial charge in [-0.15, -0.1) is 0 Å². The van der Waals surface area contributed by atoms with E-state index in [9.17, 15) is 22.8 Å². The van der Waals surface area contributed by atoms with E-state index in [4.69, 9.17) is 10.2 Å². The van der Waals surface area contributed by atoms with Crippen LogP contribution < -0.4 is 10.6 Å². The number of carboxylic acids is 2. The van der Waals surface area contributed by atoms with Crippen LogP contribution in [0.1, 0.15) is 12.8 Å².